The van der Waals surface area contributed by atoms with E-state index in [1.807, 2.05) is 37.9 Å². The molecule has 1 N–H and O–H groups in total. The zero-order chi connectivity index (χ0) is 13.5. The van der Waals surface area contributed by atoms with Gasteiger partial charge < -0.3 is 10.1 Å². The number of thiophene rings is 1. The number of rotatable bonds is 7. The lowest BCUT2D eigenvalue weighted by molar-refractivity contribution is 0.340. The third kappa shape index (κ3) is 4.27. The summed E-state index contributed by atoms with van der Waals surface area (Å²) in [5, 5.41) is 5.49. The molecule has 2 rings (SSSR count). The molecule has 19 heavy (non-hydrogen) atoms. The molecule has 0 bridgehead atoms. The lowest BCUT2D eigenvalue weighted by atomic mass is 10.1. The first-order chi connectivity index (χ1) is 9.33. The fourth-order valence-electron chi connectivity index (χ4n) is 1.82. The van der Waals surface area contributed by atoms with E-state index in [1.165, 1.54) is 9.77 Å². The van der Waals surface area contributed by atoms with Crippen LogP contribution in [0.5, 0.6) is 5.75 Å². The zero-order valence-electron chi connectivity index (χ0n) is 11.3. The highest BCUT2D eigenvalue weighted by Gasteiger charge is 2.10. The van der Waals surface area contributed by atoms with E-state index in [2.05, 4.69) is 35.0 Å². The van der Waals surface area contributed by atoms with Crippen LogP contribution in [0.3, 0.4) is 0 Å². The van der Waals surface area contributed by atoms with E-state index in [9.17, 15) is 0 Å². The Kier molecular flexibility index (Phi) is 5.76. The van der Waals surface area contributed by atoms with Gasteiger partial charge in [-0.2, -0.15) is 0 Å². The van der Waals surface area contributed by atoms with E-state index in [0.29, 0.717) is 12.6 Å². The fourth-order valence-corrected chi connectivity index (χ4v) is 3.78. The second kappa shape index (κ2) is 7.58. The summed E-state index contributed by atoms with van der Waals surface area (Å²) in [4.78, 5) is 0. The Morgan fingerprint density at radius 2 is 2.05 bits per heavy atom. The number of thioether (sulfide) groups is 1. The molecule has 0 fully saturated rings. The highest BCUT2D eigenvalue weighted by atomic mass is 32.2. The largest absolute Gasteiger partial charge is 0.494 e. The predicted octanol–water partition coefficient (Wildman–Crippen LogP) is 4.20. The second-order valence-electron chi connectivity index (χ2n) is 4.09. The maximum absolute atomic E-state index is 5.47. The van der Waals surface area contributed by atoms with E-state index in [0.717, 1.165) is 11.5 Å². The molecule has 0 amide bonds. The minimum absolute atomic E-state index is 0.364. The van der Waals surface area contributed by atoms with Crippen molar-refractivity contribution < 1.29 is 4.74 Å². The molecule has 1 heterocycles. The Labute approximate surface area is 123 Å². The van der Waals surface area contributed by atoms with E-state index >= 15 is 0 Å². The lowest BCUT2D eigenvalue weighted by Crippen LogP contribution is -2.18. The molecule has 1 aromatic carbocycles. The molecule has 1 aromatic heterocycles. The molecule has 0 saturated carbocycles. The first-order valence-electron chi connectivity index (χ1n) is 6.39. The highest BCUT2D eigenvalue weighted by Crippen LogP contribution is 2.28. The van der Waals surface area contributed by atoms with Gasteiger partial charge in [-0.05, 0) is 43.1 Å². The van der Waals surface area contributed by atoms with Crippen LogP contribution in [0.15, 0.2) is 46.0 Å². The first kappa shape index (κ1) is 14.4. The topological polar surface area (TPSA) is 21.3 Å². The molecule has 1 unspecified atom stereocenters. The Hall–Kier alpha value is -0.970. The molecule has 0 saturated heterocycles. The Morgan fingerprint density at radius 3 is 2.63 bits per heavy atom. The van der Waals surface area contributed by atoms with Crippen LogP contribution in [-0.2, 0) is 0 Å². The van der Waals surface area contributed by atoms with Crippen molar-refractivity contribution in [2.75, 3.05) is 19.4 Å². The normalized spacial score (nSPS) is 12.3. The van der Waals surface area contributed by atoms with Crippen molar-refractivity contribution in [2.45, 2.75) is 17.2 Å². The quantitative estimate of drug-likeness (QED) is 0.773. The summed E-state index contributed by atoms with van der Waals surface area (Å²) in [5.41, 5.74) is 1.30. The smallest absolute Gasteiger partial charge is 0.119 e. The van der Waals surface area contributed by atoms with Gasteiger partial charge in [0.05, 0.1) is 10.8 Å². The van der Waals surface area contributed by atoms with E-state index < -0.39 is 0 Å². The van der Waals surface area contributed by atoms with Gasteiger partial charge in [0.1, 0.15) is 5.75 Å². The molecular weight excluding hydrogens is 274 g/mol. The fraction of sp³-hybridized carbons (Fsp3) is 0.333. The van der Waals surface area contributed by atoms with Crippen LogP contribution in [0.1, 0.15) is 18.5 Å². The summed E-state index contributed by atoms with van der Waals surface area (Å²) >= 11 is 3.69. The van der Waals surface area contributed by atoms with Crippen molar-refractivity contribution in [1.82, 2.24) is 5.32 Å². The number of nitrogens with one attached hydrogen (secondary N) is 1. The molecule has 0 aliphatic heterocycles. The van der Waals surface area contributed by atoms with E-state index in [1.54, 1.807) is 11.3 Å². The third-order valence-electron chi connectivity index (χ3n) is 2.83. The third-order valence-corrected chi connectivity index (χ3v) is 5.05. The second-order valence-corrected chi connectivity index (χ2v) is 6.35. The molecule has 2 nitrogen and oxygen atoms in total. The highest BCUT2D eigenvalue weighted by molar-refractivity contribution is 8.01. The summed E-state index contributed by atoms with van der Waals surface area (Å²) in [5.74, 6) is 1.97. The minimum atomic E-state index is 0.364. The molecule has 102 valence electrons. The van der Waals surface area contributed by atoms with Gasteiger partial charge in [-0.3, -0.25) is 0 Å². The van der Waals surface area contributed by atoms with Crippen molar-refractivity contribution in [1.29, 1.82) is 0 Å². The van der Waals surface area contributed by atoms with Crippen LogP contribution in [0.25, 0.3) is 0 Å². The van der Waals surface area contributed by atoms with Gasteiger partial charge in [-0.1, -0.05) is 18.2 Å². The maximum Gasteiger partial charge on any atom is 0.119 e. The number of ether oxygens (including phenoxy) is 1. The van der Waals surface area contributed by atoms with Gasteiger partial charge in [-0.25, -0.2) is 0 Å². The molecular formula is C15H19NOS2. The summed E-state index contributed by atoms with van der Waals surface area (Å²) in [6.07, 6.45) is 0. The van der Waals surface area contributed by atoms with Crippen molar-refractivity contribution >= 4 is 23.1 Å². The Morgan fingerprint density at radius 1 is 1.26 bits per heavy atom. The average Bonchev–Trinajstić information content (AvgIpc) is 2.95. The molecule has 0 aliphatic rings. The van der Waals surface area contributed by atoms with Gasteiger partial charge in [-0.15, -0.1) is 23.1 Å². The summed E-state index contributed by atoms with van der Waals surface area (Å²) < 4.78 is 6.84. The van der Waals surface area contributed by atoms with Crippen LogP contribution in [0.4, 0.5) is 0 Å². The molecule has 2 aromatic rings. The van der Waals surface area contributed by atoms with Crippen molar-refractivity contribution in [3.8, 4) is 5.75 Å². The van der Waals surface area contributed by atoms with Crippen LogP contribution >= 0.6 is 23.1 Å². The van der Waals surface area contributed by atoms with E-state index in [4.69, 9.17) is 4.74 Å². The molecule has 0 spiro atoms. The van der Waals surface area contributed by atoms with Gasteiger partial charge in [0.15, 0.2) is 0 Å². The molecule has 0 radical (unpaired) electrons. The molecule has 1 atom stereocenters. The SMILES string of the molecule is CCOc1ccc(C(CSc2cccs2)NC)cc1. The van der Waals surface area contributed by atoms with Crippen LogP contribution in [-0.4, -0.2) is 19.4 Å². The minimum Gasteiger partial charge on any atom is -0.494 e. The summed E-state index contributed by atoms with van der Waals surface area (Å²) in [6, 6.07) is 13.0. The number of hydrogen-bond acceptors (Lipinski definition) is 4. The number of benzene rings is 1. The number of hydrogen-bond donors (Lipinski definition) is 1. The van der Waals surface area contributed by atoms with Crippen LogP contribution in [0.2, 0.25) is 0 Å². The average molecular weight is 293 g/mol. The van der Waals surface area contributed by atoms with Crippen LogP contribution in [0, 0.1) is 0 Å². The van der Waals surface area contributed by atoms with Gasteiger partial charge >= 0.3 is 0 Å². The summed E-state index contributed by atoms with van der Waals surface area (Å²) in [6.45, 7) is 2.71. The van der Waals surface area contributed by atoms with Gasteiger partial charge in [0, 0.05) is 11.8 Å². The van der Waals surface area contributed by atoms with Gasteiger partial charge in [0.2, 0.25) is 0 Å². The molecule has 0 aliphatic carbocycles. The van der Waals surface area contributed by atoms with Crippen molar-refractivity contribution in [3.05, 3.63) is 47.3 Å². The summed E-state index contributed by atoms with van der Waals surface area (Å²) in [7, 11) is 2.01. The van der Waals surface area contributed by atoms with Crippen molar-refractivity contribution in [2.24, 2.45) is 0 Å². The zero-order valence-corrected chi connectivity index (χ0v) is 12.9. The van der Waals surface area contributed by atoms with E-state index in [-0.39, 0.29) is 0 Å². The maximum atomic E-state index is 5.47. The monoisotopic (exact) mass is 293 g/mol. The lowest BCUT2D eigenvalue weighted by Gasteiger charge is -2.16. The Balaban J connectivity index is 1.96. The standard InChI is InChI=1S/C15H19NOS2/c1-3-17-13-8-6-12(7-9-13)14(16-2)11-19-15-5-4-10-18-15/h4-10,14,16H,3,11H2,1-2H3. The Bertz CT molecular complexity index is 467. The molecule has 4 heteroatoms. The first-order valence-corrected chi connectivity index (χ1v) is 8.26. The van der Waals surface area contributed by atoms with Crippen LogP contribution < -0.4 is 10.1 Å². The van der Waals surface area contributed by atoms with Crippen molar-refractivity contribution in [3.63, 3.8) is 0 Å². The van der Waals surface area contributed by atoms with Gasteiger partial charge in [0.25, 0.3) is 0 Å². The predicted molar refractivity (Wildman–Crippen MR) is 84.5 cm³/mol.